The number of carboxylic acids is 1. The van der Waals surface area contributed by atoms with Crippen molar-refractivity contribution in [2.24, 2.45) is 0 Å². The zero-order valence-corrected chi connectivity index (χ0v) is 10.8. The van der Waals surface area contributed by atoms with Crippen LogP contribution < -0.4 is 0 Å². The zero-order valence-electron chi connectivity index (χ0n) is 10.0. The number of aromatic hydroxyl groups is 1. The fraction of sp³-hybridized carbons (Fsp3) is 0. The molecule has 2 rings (SSSR count). The van der Waals surface area contributed by atoms with E-state index in [1.807, 2.05) is 0 Å². The molecule has 0 bridgehead atoms. The summed E-state index contributed by atoms with van der Waals surface area (Å²) in [6.07, 6.45) is 0. The Hall–Kier alpha value is -2.54. The maximum atomic E-state index is 11.0. The topological polar surface area (TPSA) is 101 Å². The van der Waals surface area contributed by atoms with Crippen molar-refractivity contribution in [3.63, 3.8) is 0 Å². The van der Waals surface area contributed by atoms with Crippen molar-refractivity contribution in [3.05, 3.63) is 58.1 Å². The molecule has 2 N–H and O–H groups in total. The quantitative estimate of drug-likeness (QED) is 0.663. The van der Waals surface area contributed by atoms with Crippen LogP contribution in [0.5, 0.6) is 5.75 Å². The van der Waals surface area contributed by atoms with E-state index in [0.29, 0.717) is 9.79 Å². The van der Waals surface area contributed by atoms with Gasteiger partial charge in [-0.05, 0) is 36.4 Å². The van der Waals surface area contributed by atoms with E-state index < -0.39 is 10.9 Å². The summed E-state index contributed by atoms with van der Waals surface area (Å²) in [6.45, 7) is 0. The van der Waals surface area contributed by atoms with Gasteiger partial charge in [-0.25, -0.2) is 4.79 Å². The van der Waals surface area contributed by atoms with Crippen LogP contribution in [0.1, 0.15) is 10.4 Å². The van der Waals surface area contributed by atoms with E-state index in [9.17, 15) is 20.0 Å². The molecule has 0 aliphatic rings. The van der Waals surface area contributed by atoms with Crippen LogP contribution >= 0.6 is 11.8 Å². The number of aromatic carboxylic acids is 1. The first-order chi connectivity index (χ1) is 9.47. The number of benzene rings is 2. The highest BCUT2D eigenvalue weighted by molar-refractivity contribution is 7.99. The van der Waals surface area contributed by atoms with Gasteiger partial charge < -0.3 is 10.2 Å². The van der Waals surface area contributed by atoms with Gasteiger partial charge in [0.15, 0.2) is 0 Å². The molecular weight excluding hydrogens is 282 g/mol. The summed E-state index contributed by atoms with van der Waals surface area (Å²) >= 11 is 1.13. The number of phenolic OH excluding ortho intramolecular Hbond substituents is 1. The number of carboxylic acid groups (broad SMARTS) is 1. The average Bonchev–Trinajstić information content (AvgIpc) is 2.41. The van der Waals surface area contributed by atoms with E-state index in [1.165, 1.54) is 24.3 Å². The molecule has 6 nitrogen and oxygen atoms in total. The standard InChI is InChI=1S/C13H9NO5S/c15-9-2-4-10(5-3-9)20-12-6-1-8(13(16)17)7-11(12)14(18)19/h1-7,15H,(H,16,17). The highest BCUT2D eigenvalue weighted by Gasteiger charge is 2.18. The smallest absolute Gasteiger partial charge is 0.335 e. The minimum absolute atomic E-state index is 0.102. The second-order valence-electron chi connectivity index (χ2n) is 3.84. The van der Waals surface area contributed by atoms with Crippen molar-refractivity contribution in [1.82, 2.24) is 0 Å². The normalized spacial score (nSPS) is 10.2. The Bertz CT molecular complexity index is 669. The Morgan fingerprint density at radius 2 is 1.80 bits per heavy atom. The fourth-order valence-corrected chi connectivity index (χ4v) is 2.42. The zero-order chi connectivity index (χ0) is 14.7. The first-order valence-electron chi connectivity index (χ1n) is 5.46. The lowest BCUT2D eigenvalue weighted by Gasteiger charge is -2.04. The molecule has 0 atom stereocenters. The number of carbonyl (C=O) groups is 1. The van der Waals surface area contributed by atoms with E-state index in [0.717, 1.165) is 17.8 Å². The van der Waals surface area contributed by atoms with Gasteiger partial charge in [0.2, 0.25) is 0 Å². The monoisotopic (exact) mass is 291 g/mol. The largest absolute Gasteiger partial charge is 0.508 e. The number of hydrogen-bond donors (Lipinski definition) is 2. The highest BCUT2D eigenvalue weighted by Crippen LogP contribution is 2.35. The molecule has 0 saturated heterocycles. The number of nitro groups is 1. The molecular formula is C13H9NO5S. The second-order valence-corrected chi connectivity index (χ2v) is 4.96. The van der Waals surface area contributed by atoms with Gasteiger partial charge in [0, 0.05) is 11.0 Å². The van der Waals surface area contributed by atoms with Crippen molar-refractivity contribution in [2.75, 3.05) is 0 Å². The molecule has 0 aromatic heterocycles. The van der Waals surface area contributed by atoms with Crippen LogP contribution in [0.25, 0.3) is 0 Å². The predicted molar refractivity (Wildman–Crippen MR) is 72.3 cm³/mol. The maximum Gasteiger partial charge on any atom is 0.335 e. The van der Waals surface area contributed by atoms with Crippen molar-refractivity contribution in [1.29, 1.82) is 0 Å². The van der Waals surface area contributed by atoms with Gasteiger partial charge in [-0.2, -0.15) is 0 Å². The number of nitro benzene ring substituents is 1. The van der Waals surface area contributed by atoms with Crippen LogP contribution in [0.2, 0.25) is 0 Å². The molecule has 0 saturated carbocycles. The molecule has 20 heavy (non-hydrogen) atoms. The fourth-order valence-electron chi connectivity index (χ4n) is 1.52. The third-order valence-corrected chi connectivity index (χ3v) is 3.54. The molecule has 2 aromatic carbocycles. The highest BCUT2D eigenvalue weighted by atomic mass is 32.2. The first-order valence-corrected chi connectivity index (χ1v) is 6.27. The van der Waals surface area contributed by atoms with Gasteiger partial charge in [0.05, 0.1) is 15.4 Å². The Kier molecular flexibility index (Phi) is 3.90. The van der Waals surface area contributed by atoms with Crippen molar-refractivity contribution in [3.8, 4) is 5.75 Å². The molecule has 0 amide bonds. The molecule has 0 aliphatic heterocycles. The minimum atomic E-state index is -1.21. The Labute approximate surface area is 117 Å². The van der Waals surface area contributed by atoms with E-state index in [2.05, 4.69) is 0 Å². The van der Waals surface area contributed by atoms with E-state index in [4.69, 9.17) is 5.11 Å². The summed E-state index contributed by atoms with van der Waals surface area (Å²) in [7, 11) is 0. The Morgan fingerprint density at radius 1 is 1.15 bits per heavy atom. The van der Waals surface area contributed by atoms with E-state index >= 15 is 0 Å². The van der Waals surface area contributed by atoms with E-state index in [1.54, 1.807) is 12.1 Å². The number of hydrogen-bond acceptors (Lipinski definition) is 5. The summed E-state index contributed by atoms with van der Waals surface area (Å²) in [6, 6.07) is 9.94. The molecule has 0 fully saturated rings. The minimum Gasteiger partial charge on any atom is -0.508 e. The van der Waals surface area contributed by atoms with Crippen LogP contribution in [-0.2, 0) is 0 Å². The average molecular weight is 291 g/mol. The molecule has 0 unspecified atom stereocenters. The summed E-state index contributed by atoms with van der Waals surface area (Å²) in [5.74, 6) is -1.11. The SMILES string of the molecule is O=C(O)c1ccc(Sc2ccc(O)cc2)c([N+](=O)[O-])c1. The van der Waals surface area contributed by atoms with Crippen LogP contribution in [-0.4, -0.2) is 21.1 Å². The molecule has 0 radical (unpaired) electrons. The third kappa shape index (κ3) is 3.07. The lowest BCUT2D eigenvalue weighted by atomic mass is 10.2. The lowest BCUT2D eigenvalue weighted by Crippen LogP contribution is -1.99. The molecule has 2 aromatic rings. The van der Waals surface area contributed by atoms with Gasteiger partial charge in [-0.3, -0.25) is 10.1 Å². The summed E-state index contributed by atoms with van der Waals surface area (Å²) in [4.78, 5) is 22.3. The number of nitrogens with zero attached hydrogens (tertiary/aromatic N) is 1. The molecule has 0 aliphatic carbocycles. The van der Waals surface area contributed by atoms with Crippen LogP contribution in [0.3, 0.4) is 0 Å². The van der Waals surface area contributed by atoms with Crippen molar-refractivity contribution >= 4 is 23.4 Å². The van der Waals surface area contributed by atoms with Gasteiger partial charge in [-0.15, -0.1) is 0 Å². The van der Waals surface area contributed by atoms with Crippen molar-refractivity contribution < 1.29 is 19.9 Å². The van der Waals surface area contributed by atoms with Gasteiger partial charge in [0.25, 0.3) is 5.69 Å². The predicted octanol–water partition coefficient (Wildman–Crippen LogP) is 3.15. The van der Waals surface area contributed by atoms with Crippen LogP contribution in [0.15, 0.2) is 52.3 Å². The number of rotatable bonds is 4. The second kappa shape index (κ2) is 5.62. The van der Waals surface area contributed by atoms with Gasteiger partial charge in [-0.1, -0.05) is 11.8 Å². The van der Waals surface area contributed by atoms with Gasteiger partial charge in [0.1, 0.15) is 5.75 Å². The lowest BCUT2D eigenvalue weighted by molar-refractivity contribution is -0.387. The summed E-state index contributed by atoms with van der Waals surface area (Å²) in [5, 5.41) is 29.0. The number of phenols is 1. The molecule has 0 heterocycles. The summed E-state index contributed by atoms with van der Waals surface area (Å²) < 4.78 is 0. The van der Waals surface area contributed by atoms with Gasteiger partial charge >= 0.3 is 5.97 Å². The van der Waals surface area contributed by atoms with Crippen LogP contribution in [0.4, 0.5) is 5.69 Å². The molecule has 0 spiro atoms. The third-order valence-electron chi connectivity index (χ3n) is 2.47. The Morgan fingerprint density at radius 3 is 2.35 bits per heavy atom. The van der Waals surface area contributed by atoms with E-state index in [-0.39, 0.29) is 17.0 Å². The molecule has 102 valence electrons. The maximum absolute atomic E-state index is 11.0. The first kappa shape index (κ1) is 13.9. The molecule has 7 heteroatoms. The van der Waals surface area contributed by atoms with Crippen LogP contribution in [0, 0.1) is 10.1 Å². The Balaban J connectivity index is 2.38. The summed E-state index contributed by atoms with van der Waals surface area (Å²) in [5.41, 5.74) is -0.394. The van der Waals surface area contributed by atoms with Crippen molar-refractivity contribution in [2.45, 2.75) is 9.79 Å².